The van der Waals surface area contributed by atoms with Crippen LogP contribution >= 0.6 is 0 Å². The molecule has 0 aliphatic rings. The Hall–Kier alpha value is -1.06. The summed E-state index contributed by atoms with van der Waals surface area (Å²) in [5, 5.41) is 0. The van der Waals surface area contributed by atoms with Gasteiger partial charge in [0.1, 0.15) is 0 Å². The molecule has 0 amide bonds. The van der Waals surface area contributed by atoms with Crippen molar-refractivity contribution in [3.63, 3.8) is 0 Å². The fourth-order valence-corrected chi connectivity index (χ4v) is 5.26. The van der Waals surface area contributed by atoms with Crippen LogP contribution in [0, 0.1) is 23.7 Å². The fraction of sp³-hybridized carbons (Fsp3) is 0.941. The van der Waals surface area contributed by atoms with E-state index in [9.17, 15) is 9.59 Å². The van der Waals surface area contributed by atoms with Gasteiger partial charge in [-0.1, -0.05) is 112 Å². The van der Waals surface area contributed by atoms with Gasteiger partial charge in [0.15, 0.2) is 0 Å². The number of unbranched alkanes of at least 4 members (excludes halogenated alkanes) is 5. The van der Waals surface area contributed by atoms with Crippen molar-refractivity contribution in [3.05, 3.63) is 0 Å². The van der Waals surface area contributed by atoms with Crippen molar-refractivity contribution in [2.75, 3.05) is 13.2 Å². The lowest BCUT2D eigenvalue weighted by atomic mass is 9.87. The van der Waals surface area contributed by atoms with E-state index in [0.29, 0.717) is 38.9 Å². The van der Waals surface area contributed by atoms with Crippen LogP contribution in [-0.4, -0.2) is 25.2 Å². The Kier molecular flexibility index (Phi) is 25.4. The minimum atomic E-state index is -0.129. The highest BCUT2D eigenvalue weighted by atomic mass is 16.5. The Morgan fingerprint density at radius 1 is 0.553 bits per heavy atom. The molecule has 0 aromatic rings. The lowest BCUT2D eigenvalue weighted by molar-refractivity contribution is -0.146. The first kappa shape index (κ1) is 36.9. The Bertz CT molecular complexity index is 545. The second-order valence-electron chi connectivity index (χ2n) is 12.4. The Morgan fingerprint density at radius 3 is 1.66 bits per heavy atom. The number of esters is 2. The van der Waals surface area contributed by atoms with Crippen molar-refractivity contribution in [1.29, 1.82) is 0 Å². The van der Waals surface area contributed by atoms with Crippen molar-refractivity contribution < 1.29 is 19.1 Å². The lowest BCUT2D eigenvalue weighted by Gasteiger charge is -2.20. The molecular weight excluding hydrogens is 472 g/mol. The molecule has 0 bridgehead atoms. The van der Waals surface area contributed by atoms with Crippen LogP contribution in [0.2, 0.25) is 0 Å². The molecule has 0 rings (SSSR count). The summed E-state index contributed by atoms with van der Waals surface area (Å²) in [6.07, 6.45) is 22.0. The molecule has 0 aromatic carbocycles. The predicted octanol–water partition coefficient (Wildman–Crippen LogP) is 10.5. The first-order valence-corrected chi connectivity index (χ1v) is 16.6. The van der Waals surface area contributed by atoms with Crippen LogP contribution in [-0.2, 0) is 19.1 Å². The van der Waals surface area contributed by atoms with E-state index in [4.69, 9.17) is 9.47 Å². The van der Waals surface area contributed by atoms with Crippen molar-refractivity contribution in [2.45, 2.75) is 170 Å². The molecule has 0 saturated carbocycles. The smallest absolute Gasteiger partial charge is 0.305 e. The zero-order valence-electron chi connectivity index (χ0n) is 26.5. The van der Waals surface area contributed by atoms with E-state index < -0.39 is 0 Å². The fourth-order valence-electron chi connectivity index (χ4n) is 5.26. The van der Waals surface area contributed by atoms with Gasteiger partial charge in [-0.25, -0.2) is 0 Å². The summed E-state index contributed by atoms with van der Waals surface area (Å²) in [7, 11) is 0. The van der Waals surface area contributed by atoms with Crippen molar-refractivity contribution in [1.82, 2.24) is 0 Å². The van der Waals surface area contributed by atoms with E-state index in [1.807, 2.05) is 0 Å². The van der Waals surface area contributed by atoms with E-state index in [-0.39, 0.29) is 11.9 Å². The molecule has 0 aromatic heterocycles. The molecule has 0 heterocycles. The molecule has 0 aliphatic carbocycles. The van der Waals surface area contributed by atoms with E-state index in [1.54, 1.807) is 0 Å². The highest BCUT2D eigenvalue weighted by Crippen LogP contribution is 2.25. The molecule has 4 heteroatoms. The maximum Gasteiger partial charge on any atom is 0.305 e. The minimum absolute atomic E-state index is 0.127. The third kappa shape index (κ3) is 24.0. The molecule has 226 valence electrons. The normalized spacial score (nSPS) is 13.9. The predicted molar refractivity (Wildman–Crippen MR) is 162 cm³/mol. The Morgan fingerprint density at radius 2 is 1.08 bits per heavy atom. The van der Waals surface area contributed by atoms with Gasteiger partial charge in [0.25, 0.3) is 0 Å². The molecule has 38 heavy (non-hydrogen) atoms. The zero-order chi connectivity index (χ0) is 28.4. The molecule has 0 saturated heterocycles. The molecule has 4 nitrogen and oxygen atoms in total. The van der Waals surface area contributed by atoms with Crippen molar-refractivity contribution in [3.8, 4) is 0 Å². The highest BCUT2D eigenvalue weighted by molar-refractivity contribution is 5.70. The van der Waals surface area contributed by atoms with E-state index in [2.05, 4.69) is 41.5 Å². The topological polar surface area (TPSA) is 52.6 Å². The zero-order valence-corrected chi connectivity index (χ0v) is 26.5. The maximum absolute atomic E-state index is 12.1. The molecule has 0 radical (unpaired) electrons. The standard InChI is InChI=1S/C34H66O4/c1-7-10-12-20-32(28-30(6)9-3)21-17-27-38-34(36)23-14-13-22-33(35)37-26-16-15-19-31(18-11-8-2)25-24-29(4)5/h29-32H,7-28H2,1-6H3. The molecule has 0 spiro atoms. The summed E-state index contributed by atoms with van der Waals surface area (Å²) in [6.45, 7) is 14.8. The molecule has 0 fully saturated rings. The van der Waals surface area contributed by atoms with Crippen LogP contribution in [0.3, 0.4) is 0 Å². The summed E-state index contributed by atoms with van der Waals surface area (Å²) in [5.74, 6) is 2.88. The van der Waals surface area contributed by atoms with Gasteiger partial charge >= 0.3 is 11.9 Å². The lowest BCUT2D eigenvalue weighted by Crippen LogP contribution is -2.10. The molecular formula is C34H66O4. The number of ether oxygens (including phenoxy) is 2. The van der Waals surface area contributed by atoms with Crippen LogP contribution < -0.4 is 0 Å². The van der Waals surface area contributed by atoms with Gasteiger partial charge in [0, 0.05) is 12.8 Å². The van der Waals surface area contributed by atoms with Gasteiger partial charge in [0.2, 0.25) is 0 Å². The van der Waals surface area contributed by atoms with Gasteiger partial charge in [-0.05, 0) is 68.6 Å². The van der Waals surface area contributed by atoms with Gasteiger partial charge in [-0.2, -0.15) is 0 Å². The van der Waals surface area contributed by atoms with Crippen molar-refractivity contribution in [2.24, 2.45) is 23.7 Å². The van der Waals surface area contributed by atoms with Crippen molar-refractivity contribution >= 4 is 11.9 Å². The number of carbonyl (C=O) groups excluding carboxylic acids is 2. The van der Waals surface area contributed by atoms with E-state index in [0.717, 1.165) is 49.4 Å². The summed E-state index contributed by atoms with van der Waals surface area (Å²) in [4.78, 5) is 24.1. The number of hydrogen-bond acceptors (Lipinski definition) is 4. The summed E-state index contributed by atoms with van der Waals surface area (Å²) < 4.78 is 10.9. The SMILES string of the molecule is CCCCCC(CCCOC(=O)CCCCC(=O)OCCCCC(CCCC)CCC(C)C)CC(C)CC. The summed E-state index contributed by atoms with van der Waals surface area (Å²) >= 11 is 0. The van der Waals surface area contributed by atoms with Crippen LogP contribution in [0.4, 0.5) is 0 Å². The van der Waals surface area contributed by atoms with Gasteiger partial charge in [-0.15, -0.1) is 0 Å². The number of carbonyl (C=O) groups is 2. The van der Waals surface area contributed by atoms with E-state index in [1.165, 1.54) is 77.0 Å². The molecule has 0 aliphatic heterocycles. The Balaban J connectivity index is 3.86. The first-order valence-electron chi connectivity index (χ1n) is 16.6. The average molecular weight is 539 g/mol. The number of hydrogen-bond donors (Lipinski definition) is 0. The maximum atomic E-state index is 12.1. The summed E-state index contributed by atoms with van der Waals surface area (Å²) in [5.41, 5.74) is 0. The van der Waals surface area contributed by atoms with Crippen LogP contribution in [0.25, 0.3) is 0 Å². The largest absolute Gasteiger partial charge is 0.466 e. The molecule has 0 N–H and O–H groups in total. The average Bonchev–Trinajstić information content (AvgIpc) is 2.89. The van der Waals surface area contributed by atoms with Gasteiger partial charge < -0.3 is 9.47 Å². The van der Waals surface area contributed by atoms with Crippen LogP contribution in [0.5, 0.6) is 0 Å². The van der Waals surface area contributed by atoms with Gasteiger partial charge in [-0.3, -0.25) is 9.59 Å². The van der Waals surface area contributed by atoms with E-state index >= 15 is 0 Å². The molecule has 3 unspecified atom stereocenters. The van der Waals surface area contributed by atoms with Crippen LogP contribution in [0.1, 0.15) is 170 Å². The second kappa shape index (κ2) is 26.2. The third-order valence-corrected chi connectivity index (χ3v) is 8.07. The summed E-state index contributed by atoms with van der Waals surface area (Å²) in [6, 6.07) is 0. The monoisotopic (exact) mass is 538 g/mol. The van der Waals surface area contributed by atoms with Gasteiger partial charge in [0.05, 0.1) is 13.2 Å². The third-order valence-electron chi connectivity index (χ3n) is 8.07. The quantitative estimate of drug-likeness (QED) is 0.0771. The number of rotatable bonds is 27. The molecule has 3 atom stereocenters. The first-order chi connectivity index (χ1) is 18.3. The minimum Gasteiger partial charge on any atom is -0.466 e. The second-order valence-corrected chi connectivity index (χ2v) is 12.4. The highest BCUT2D eigenvalue weighted by Gasteiger charge is 2.13. The van der Waals surface area contributed by atoms with Crippen LogP contribution in [0.15, 0.2) is 0 Å². The Labute approximate surface area is 237 Å².